The number of aromatic nitrogens is 1. The smallest absolute Gasteiger partial charge is 0.0702 e. The van der Waals surface area contributed by atoms with Crippen molar-refractivity contribution in [1.82, 2.24) is 4.57 Å². The number of terminal acetylenes is 1. The van der Waals surface area contributed by atoms with Crippen molar-refractivity contribution in [2.24, 2.45) is 0 Å². The summed E-state index contributed by atoms with van der Waals surface area (Å²) in [5.74, 6) is 2.58. The summed E-state index contributed by atoms with van der Waals surface area (Å²) in [7, 11) is 0. The van der Waals surface area contributed by atoms with Crippen molar-refractivity contribution in [1.29, 1.82) is 0 Å². The molecule has 86 valence electrons. The first-order valence-electron chi connectivity index (χ1n) is 5.53. The van der Waals surface area contributed by atoms with Crippen molar-refractivity contribution in [2.75, 3.05) is 0 Å². The standard InChI is InChI=1S/C15H15NO/c1-4-13-7-8-15(14(9-13)10-17)16-11(2)5-6-12(16)3/h1,5-9,17H,10H2,2-3H3. The van der Waals surface area contributed by atoms with Crippen molar-refractivity contribution in [3.05, 3.63) is 52.8 Å². The Morgan fingerprint density at radius 1 is 1.18 bits per heavy atom. The molecule has 0 fully saturated rings. The minimum atomic E-state index is -0.0120. The topological polar surface area (TPSA) is 25.2 Å². The largest absolute Gasteiger partial charge is 0.392 e. The van der Waals surface area contributed by atoms with Crippen LogP contribution in [0.15, 0.2) is 30.3 Å². The van der Waals surface area contributed by atoms with Gasteiger partial charge in [-0.3, -0.25) is 0 Å². The minimum Gasteiger partial charge on any atom is -0.392 e. The fraction of sp³-hybridized carbons (Fsp3) is 0.200. The quantitative estimate of drug-likeness (QED) is 0.781. The molecule has 0 aliphatic rings. The van der Waals surface area contributed by atoms with E-state index in [1.807, 2.05) is 32.0 Å². The van der Waals surface area contributed by atoms with Crippen LogP contribution in [0.2, 0.25) is 0 Å². The highest BCUT2D eigenvalue weighted by atomic mass is 16.3. The van der Waals surface area contributed by atoms with Crippen molar-refractivity contribution < 1.29 is 5.11 Å². The van der Waals surface area contributed by atoms with E-state index in [0.717, 1.165) is 28.2 Å². The summed E-state index contributed by atoms with van der Waals surface area (Å²) in [6, 6.07) is 9.83. The molecule has 0 aliphatic carbocycles. The molecule has 2 rings (SSSR count). The van der Waals surface area contributed by atoms with Gasteiger partial charge in [-0.05, 0) is 44.2 Å². The highest BCUT2D eigenvalue weighted by molar-refractivity contribution is 5.49. The van der Waals surface area contributed by atoms with E-state index >= 15 is 0 Å². The highest BCUT2D eigenvalue weighted by Crippen LogP contribution is 2.21. The van der Waals surface area contributed by atoms with Crippen molar-refractivity contribution in [3.8, 4) is 18.0 Å². The van der Waals surface area contributed by atoms with Crippen LogP contribution in [0.4, 0.5) is 0 Å². The van der Waals surface area contributed by atoms with Gasteiger partial charge in [-0.25, -0.2) is 0 Å². The van der Waals surface area contributed by atoms with Gasteiger partial charge < -0.3 is 9.67 Å². The van der Waals surface area contributed by atoms with Crippen molar-refractivity contribution in [3.63, 3.8) is 0 Å². The predicted octanol–water partition coefficient (Wildman–Crippen LogP) is 2.57. The third kappa shape index (κ3) is 1.98. The number of benzene rings is 1. The number of aliphatic hydroxyl groups is 1. The van der Waals surface area contributed by atoms with E-state index in [4.69, 9.17) is 6.42 Å². The maximum atomic E-state index is 9.44. The third-order valence-electron chi connectivity index (χ3n) is 2.93. The predicted molar refractivity (Wildman–Crippen MR) is 69.1 cm³/mol. The van der Waals surface area contributed by atoms with Gasteiger partial charge in [0.15, 0.2) is 0 Å². The Labute approximate surface area is 102 Å². The molecule has 0 aliphatic heterocycles. The van der Waals surface area contributed by atoms with Gasteiger partial charge in [0.1, 0.15) is 0 Å². The average Bonchev–Trinajstić information content (AvgIpc) is 2.68. The third-order valence-corrected chi connectivity index (χ3v) is 2.93. The lowest BCUT2D eigenvalue weighted by molar-refractivity contribution is 0.281. The normalized spacial score (nSPS) is 10.2. The van der Waals surface area contributed by atoms with Crippen LogP contribution in [-0.2, 0) is 6.61 Å². The maximum Gasteiger partial charge on any atom is 0.0702 e. The SMILES string of the molecule is C#Cc1ccc(-n2c(C)ccc2C)c(CO)c1. The molecule has 0 radical (unpaired) electrons. The van der Waals surface area contributed by atoms with E-state index < -0.39 is 0 Å². The number of hydrogen-bond acceptors (Lipinski definition) is 1. The molecule has 0 spiro atoms. The molecule has 0 unspecified atom stereocenters. The van der Waals surface area contributed by atoms with E-state index in [1.165, 1.54) is 0 Å². The molecule has 0 saturated carbocycles. The lowest BCUT2D eigenvalue weighted by Crippen LogP contribution is -2.03. The van der Waals surface area contributed by atoms with Crippen molar-refractivity contribution in [2.45, 2.75) is 20.5 Å². The number of aryl methyl sites for hydroxylation is 2. The molecule has 0 amide bonds. The van der Waals surface area contributed by atoms with Gasteiger partial charge in [0.05, 0.1) is 12.3 Å². The number of rotatable bonds is 2. The molecule has 0 bridgehead atoms. The Bertz CT molecular complexity index is 568. The van der Waals surface area contributed by atoms with Gasteiger partial charge >= 0.3 is 0 Å². The van der Waals surface area contributed by atoms with Gasteiger partial charge in [0.2, 0.25) is 0 Å². The van der Waals surface area contributed by atoms with Crippen LogP contribution in [0.25, 0.3) is 5.69 Å². The molecule has 0 saturated heterocycles. The molecule has 1 heterocycles. The molecule has 2 nitrogen and oxygen atoms in total. The van der Waals surface area contributed by atoms with Gasteiger partial charge in [0, 0.05) is 22.5 Å². The molecular formula is C15H15NO. The van der Waals surface area contributed by atoms with Crippen LogP contribution in [0.3, 0.4) is 0 Å². The van der Waals surface area contributed by atoms with Crippen LogP contribution in [-0.4, -0.2) is 9.67 Å². The first-order chi connectivity index (χ1) is 8.17. The molecular weight excluding hydrogens is 210 g/mol. The van der Waals surface area contributed by atoms with Gasteiger partial charge in [0.25, 0.3) is 0 Å². The second-order valence-corrected chi connectivity index (χ2v) is 4.10. The molecule has 1 N–H and O–H groups in total. The molecule has 2 heteroatoms. The number of nitrogens with zero attached hydrogens (tertiary/aromatic N) is 1. The molecule has 2 aromatic rings. The highest BCUT2D eigenvalue weighted by Gasteiger charge is 2.08. The second-order valence-electron chi connectivity index (χ2n) is 4.10. The molecule has 0 atom stereocenters. The van der Waals surface area contributed by atoms with Crippen LogP contribution < -0.4 is 0 Å². The monoisotopic (exact) mass is 225 g/mol. The van der Waals surface area contributed by atoms with Gasteiger partial charge in [-0.2, -0.15) is 0 Å². The first kappa shape index (κ1) is 11.5. The Morgan fingerprint density at radius 2 is 1.82 bits per heavy atom. The summed E-state index contributed by atoms with van der Waals surface area (Å²) in [5.41, 5.74) is 4.92. The van der Waals surface area contributed by atoms with Crippen LogP contribution in [0, 0.1) is 26.2 Å². The van der Waals surface area contributed by atoms with E-state index in [0.29, 0.717) is 0 Å². The first-order valence-corrected chi connectivity index (χ1v) is 5.53. The number of aliphatic hydroxyl groups excluding tert-OH is 1. The van der Waals surface area contributed by atoms with Crippen molar-refractivity contribution >= 4 is 0 Å². The zero-order chi connectivity index (χ0) is 12.4. The fourth-order valence-electron chi connectivity index (χ4n) is 2.07. The Morgan fingerprint density at radius 3 is 2.35 bits per heavy atom. The summed E-state index contributed by atoms with van der Waals surface area (Å²) < 4.78 is 2.12. The summed E-state index contributed by atoms with van der Waals surface area (Å²) in [6.07, 6.45) is 5.36. The molecule has 17 heavy (non-hydrogen) atoms. The van der Waals surface area contributed by atoms with E-state index in [-0.39, 0.29) is 6.61 Å². The zero-order valence-electron chi connectivity index (χ0n) is 10.1. The summed E-state index contributed by atoms with van der Waals surface area (Å²) in [6.45, 7) is 4.08. The second kappa shape index (κ2) is 4.48. The van der Waals surface area contributed by atoms with E-state index in [2.05, 4.69) is 22.6 Å². The number of hydrogen-bond donors (Lipinski definition) is 1. The van der Waals surface area contributed by atoms with E-state index in [9.17, 15) is 5.11 Å². The fourth-order valence-corrected chi connectivity index (χ4v) is 2.07. The van der Waals surface area contributed by atoms with E-state index in [1.54, 1.807) is 0 Å². The Balaban J connectivity index is 2.64. The minimum absolute atomic E-state index is 0.0120. The van der Waals surface area contributed by atoms with Crippen LogP contribution in [0.5, 0.6) is 0 Å². The van der Waals surface area contributed by atoms with Gasteiger partial charge in [-0.15, -0.1) is 6.42 Å². The lowest BCUT2D eigenvalue weighted by atomic mass is 10.1. The average molecular weight is 225 g/mol. The van der Waals surface area contributed by atoms with Crippen LogP contribution in [0.1, 0.15) is 22.5 Å². The lowest BCUT2D eigenvalue weighted by Gasteiger charge is -2.13. The van der Waals surface area contributed by atoms with Crippen LogP contribution >= 0.6 is 0 Å². The summed E-state index contributed by atoms with van der Waals surface area (Å²) in [5, 5.41) is 9.44. The molecule has 1 aromatic carbocycles. The zero-order valence-corrected chi connectivity index (χ0v) is 10.1. The Hall–Kier alpha value is -1.98. The maximum absolute atomic E-state index is 9.44. The summed E-state index contributed by atoms with van der Waals surface area (Å²) in [4.78, 5) is 0. The molecule has 1 aromatic heterocycles. The summed E-state index contributed by atoms with van der Waals surface area (Å²) >= 11 is 0. The Kier molecular flexibility index (Phi) is 3.03. The van der Waals surface area contributed by atoms with Gasteiger partial charge in [-0.1, -0.05) is 5.92 Å².